The van der Waals surface area contributed by atoms with Gasteiger partial charge in [0.15, 0.2) is 15.6 Å². The second-order valence-electron chi connectivity index (χ2n) is 6.40. The maximum Gasteiger partial charge on any atom is 0.416 e. The van der Waals surface area contributed by atoms with Crippen molar-refractivity contribution >= 4 is 15.7 Å². The zero-order valence-electron chi connectivity index (χ0n) is 14.7. The van der Waals surface area contributed by atoms with Crippen LogP contribution >= 0.6 is 0 Å². The largest absolute Gasteiger partial charge is 0.455 e. The topological polar surface area (TPSA) is 85.6 Å². The summed E-state index contributed by atoms with van der Waals surface area (Å²) in [4.78, 5) is 11.6. The molecule has 1 aliphatic rings. The number of alkyl halides is 3. The van der Waals surface area contributed by atoms with Crippen LogP contribution in [0, 0.1) is 0 Å². The number of sulfone groups is 1. The minimum Gasteiger partial charge on any atom is -0.455 e. The molecule has 0 aliphatic carbocycles. The number of hydrogen-bond donors (Lipinski definition) is 1. The molecule has 10 heteroatoms. The van der Waals surface area contributed by atoms with Crippen LogP contribution < -0.4 is 5.32 Å². The summed E-state index contributed by atoms with van der Waals surface area (Å²) < 4.78 is 73.9. The second kappa shape index (κ2) is 7.96. The van der Waals surface area contributed by atoms with Crippen molar-refractivity contribution in [3.63, 3.8) is 0 Å². The number of furan rings is 1. The molecule has 1 aromatic heterocycles. The molecule has 1 aliphatic heterocycles. The molecular formula is C18H18F3NO5S. The van der Waals surface area contributed by atoms with Gasteiger partial charge in [-0.15, -0.1) is 0 Å². The molecule has 1 amide bonds. The van der Waals surface area contributed by atoms with Crippen LogP contribution in [0.3, 0.4) is 0 Å². The SMILES string of the molecule is O=C(NC[C@H]1CCCO1)c1ccc(CS(=O)(=O)c2cccc(C(F)(F)F)c2)o1. The number of amides is 1. The summed E-state index contributed by atoms with van der Waals surface area (Å²) >= 11 is 0. The lowest BCUT2D eigenvalue weighted by atomic mass is 10.2. The Morgan fingerprint density at radius 2 is 2.00 bits per heavy atom. The van der Waals surface area contributed by atoms with Crippen molar-refractivity contribution in [2.45, 2.75) is 35.8 Å². The Morgan fingerprint density at radius 3 is 2.68 bits per heavy atom. The summed E-state index contributed by atoms with van der Waals surface area (Å²) in [6, 6.07) is 6.12. The van der Waals surface area contributed by atoms with Gasteiger partial charge in [0.2, 0.25) is 0 Å². The predicted molar refractivity (Wildman–Crippen MR) is 92.3 cm³/mol. The van der Waals surface area contributed by atoms with Crippen LogP contribution in [0.1, 0.15) is 34.7 Å². The highest BCUT2D eigenvalue weighted by Gasteiger charge is 2.32. The van der Waals surface area contributed by atoms with Crippen LogP contribution in [0.15, 0.2) is 45.7 Å². The Kier molecular flexibility index (Phi) is 5.80. The maximum absolute atomic E-state index is 12.8. The van der Waals surface area contributed by atoms with Crippen molar-refractivity contribution < 1.29 is 35.5 Å². The van der Waals surface area contributed by atoms with Crippen molar-refractivity contribution in [3.8, 4) is 0 Å². The normalized spacial score (nSPS) is 17.6. The zero-order chi connectivity index (χ0) is 20.4. The van der Waals surface area contributed by atoms with E-state index in [1.807, 2.05) is 0 Å². The number of benzene rings is 1. The van der Waals surface area contributed by atoms with Gasteiger partial charge in [-0.05, 0) is 43.2 Å². The molecule has 0 spiro atoms. The van der Waals surface area contributed by atoms with Gasteiger partial charge in [-0.3, -0.25) is 4.79 Å². The van der Waals surface area contributed by atoms with E-state index in [4.69, 9.17) is 9.15 Å². The molecule has 3 rings (SSSR count). The van der Waals surface area contributed by atoms with Gasteiger partial charge in [0.1, 0.15) is 11.5 Å². The summed E-state index contributed by atoms with van der Waals surface area (Å²) in [6.07, 6.45) is -2.93. The molecule has 1 fully saturated rings. The third-order valence-corrected chi connectivity index (χ3v) is 5.89. The molecule has 1 saturated heterocycles. The summed E-state index contributed by atoms with van der Waals surface area (Å²) in [5, 5.41) is 2.64. The van der Waals surface area contributed by atoms with Crippen LogP contribution in [-0.2, 0) is 26.5 Å². The minimum absolute atomic E-state index is 0.0420. The quantitative estimate of drug-likeness (QED) is 0.780. The molecule has 1 aromatic carbocycles. The van der Waals surface area contributed by atoms with Crippen LogP contribution in [-0.4, -0.2) is 33.6 Å². The van der Waals surface area contributed by atoms with Crippen LogP contribution in [0.5, 0.6) is 0 Å². The van der Waals surface area contributed by atoms with E-state index in [-0.39, 0.29) is 17.6 Å². The monoisotopic (exact) mass is 417 g/mol. The molecule has 1 atom stereocenters. The van der Waals surface area contributed by atoms with Gasteiger partial charge in [0.25, 0.3) is 5.91 Å². The van der Waals surface area contributed by atoms with Gasteiger partial charge in [-0.2, -0.15) is 13.2 Å². The number of rotatable bonds is 6. The number of halogens is 3. The van der Waals surface area contributed by atoms with Crippen LogP contribution in [0.25, 0.3) is 0 Å². The number of carbonyl (C=O) groups is 1. The summed E-state index contributed by atoms with van der Waals surface area (Å²) in [7, 11) is -4.08. The lowest BCUT2D eigenvalue weighted by Crippen LogP contribution is -2.31. The Labute approximate surface area is 159 Å². The van der Waals surface area contributed by atoms with Gasteiger partial charge in [-0.25, -0.2) is 8.42 Å². The smallest absolute Gasteiger partial charge is 0.416 e. The van der Waals surface area contributed by atoms with E-state index in [0.29, 0.717) is 19.2 Å². The Hall–Kier alpha value is -2.33. The molecule has 0 saturated carbocycles. The third-order valence-electron chi connectivity index (χ3n) is 4.25. The molecule has 6 nitrogen and oxygen atoms in total. The van der Waals surface area contributed by atoms with Crippen LogP contribution in [0.4, 0.5) is 13.2 Å². The van der Waals surface area contributed by atoms with E-state index in [0.717, 1.165) is 31.0 Å². The molecule has 1 N–H and O–H groups in total. The molecule has 2 aromatic rings. The van der Waals surface area contributed by atoms with Gasteiger partial charge in [0.05, 0.1) is 16.6 Å². The van der Waals surface area contributed by atoms with E-state index in [1.54, 1.807) is 0 Å². The highest BCUT2D eigenvalue weighted by molar-refractivity contribution is 7.90. The predicted octanol–water partition coefficient (Wildman–Crippen LogP) is 3.18. The summed E-state index contributed by atoms with van der Waals surface area (Å²) in [5.41, 5.74) is -1.05. The lowest BCUT2D eigenvalue weighted by Gasteiger charge is -2.09. The van der Waals surface area contributed by atoms with Gasteiger partial charge in [0, 0.05) is 13.2 Å². The first-order valence-corrected chi connectivity index (χ1v) is 10.2. The van der Waals surface area contributed by atoms with Gasteiger partial charge >= 0.3 is 6.18 Å². The highest BCUT2D eigenvalue weighted by atomic mass is 32.2. The molecule has 0 unspecified atom stereocenters. The fourth-order valence-electron chi connectivity index (χ4n) is 2.81. The average molecular weight is 417 g/mol. The van der Waals surface area contributed by atoms with E-state index in [1.165, 1.54) is 12.1 Å². The molecule has 0 radical (unpaired) electrons. The zero-order valence-corrected chi connectivity index (χ0v) is 15.5. The third kappa shape index (κ3) is 4.93. The second-order valence-corrected chi connectivity index (χ2v) is 8.39. The summed E-state index contributed by atoms with van der Waals surface area (Å²) in [5.74, 6) is -1.29. The number of ether oxygens (including phenoxy) is 1. The average Bonchev–Trinajstić information content (AvgIpc) is 3.30. The van der Waals surface area contributed by atoms with Crippen molar-refractivity contribution in [2.24, 2.45) is 0 Å². The number of carbonyl (C=O) groups excluding carboxylic acids is 1. The molecule has 28 heavy (non-hydrogen) atoms. The lowest BCUT2D eigenvalue weighted by molar-refractivity contribution is -0.137. The van der Waals surface area contributed by atoms with Gasteiger partial charge in [-0.1, -0.05) is 6.07 Å². The first-order valence-electron chi connectivity index (χ1n) is 8.54. The first kappa shape index (κ1) is 20.4. The minimum atomic E-state index is -4.65. The fraction of sp³-hybridized carbons (Fsp3) is 0.389. The van der Waals surface area contributed by atoms with Crippen molar-refractivity contribution in [3.05, 3.63) is 53.5 Å². The number of nitrogens with one attached hydrogen (secondary N) is 1. The van der Waals surface area contributed by atoms with E-state index in [9.17, 15) is 26.4 Å². The van der Waals surface area contributed by atoms with Crippen LogP contribution in [0.2, 0.25) is 0 Å². The van der Waals surface area contributed by atoms with Crippen molar-refractivity contribution in [2.75, 3.05) is 13.2 Å². The first-order chi connectivity index (χ1) is 13.1. The van der Waals surface area contributed by atoms with E-state index in [2.05, 4.69) is 5.32 Å². The fourth-order valence-corrected chi connectivity index (χ4v) is 4.10. The maximum atomic E-state index is 12.8. The van der Waals surface area contributed by atoms with Gasteiger partial charge < -0.3 is 14.5 Å². The molecule has 2 heterocycles. The van der Waals surface area contributed by atoms with Crippen molar-refractivity contribution in [1.29, 1.82) is 0 Å². The summed E-state index contributed by atoms with van der Waals surface area (Å²) in [6.45, 7) is 0.968. The Balaban J connectivity index is 1.67. The van der Waals surface area contributed by atoms with Crippen molar-refractivity contribution in [1.82, 2.24) is 5.32 Å². The molecular weight excluding hydrogens is 399 g/mol. The standard InChI is InChI=1S/C18H18F3NO5S/c19-18(20,21)12-3-1-5-15(9-12)28(24,25)11-14-6-7-16(27-14)17(23)22-10-13-4-2-8-26-13/h1,3,5-7,9,13H,2,4,8,10-11H2,(H,22,23)/t13-/m1/s1. The van der Waals surface area contributed by atoms with E-state index >= 15 is 0 Å². The highest BCUT2D eigenvalue weighted by Crippen LogP contribution is 2.31. The Morgan fingerprint density at radius 1 is 1.21 bits per heavy atom. The molecule has 0 bridgehead atoms. The Bertz CT molecular complexity index is 946. The molecule has 152 valence electrons. The number of hydrogen-bond acceptors (Lipinski definition) is 5. The van der Waals surface area contributed by atoms with E-state index < -0.39 is 38.1 Å².